The smallest absolute Gasteiger partial charge is 0.259 e. The first-order chi connectivity index (χ1) is 8.65. The van der Waals surface area contributed by atoms with Crippen molar-refractivity contribution in [3.63, 3.8) is 0 Å². The molecular weight excluding hydrogens is 250 g/mol. The predicted octanol–water partition coefficient (Wildman–Crippen LogP) is 4.01. The maximum absolute atomic E-state index is 12.1. The van der Waals surface area contributed by atoms with Gasteiger partial charge < -0.3 is 10.1 Å². The van der Waals surface area contributed by atoms with Crippen molar-refractivity contribution in [3.8, 4) is 11.5 Å². The van der Waals surface area contributed by atoms with Gasteiger partial charge >= 0.3 is 0 Å². The molecule has 1 aliphatic rings. The van der Waals surface area contributed by atoms with E-state index in [2.05, 4.69) is 5.32 Å². The monoisotopic (exact) mass is 259 g/mol. The molecule has 90 valence electrons. The highest BCUT2D eigenvalue weighted by Gasteiger charge is 2.21. The highest BCUT2D eigenvalue weighted by atomic mass is 35.5. The largest absolute Gasteiger partial charge is 0.454 e. The molecule has 18 heavy (non-hydrogen) atoms. The summed E-state index contributed by atoms with van der Waals surface area (Å²) in [6, 6.07) is 10.6. The van der Waals surface area contributed by atoms with Gasteiger partial charge in [0, 0.05) is 11.1 Å². The molecule has 2 aromatic carbocycles. The lowest BCUT2D eigenvalue weighted by Crippen LogP contribution is -2.10. The minimum absolute atomic E-state index is 0.172. The number of aryl methyl sites for hydroxylation is 1. The summed E-state index contributed by atoms with van der Waals surface area (Å²) in [5.74, 6) is 0.967. The minimum Gasteiger partial charge on any atom is -0.454 e. The molecule has 1 amide bonds. The summed E-state index contributed by atoms with van der Waals surface area (Å²) in [5, 5.41) is 3.38. The van der Waals surface area contributed by atoms with Crippen LogP contribution in [-0.2, 0) is 0 Å². The van der Waals surface area contributed by atoms with E-state index in [9.17, 15) is 4.79 Å². The number of ether oxygens (including phenoxy) is 1. The first-order valence-corrected chi connectivity index (χ1v) is 5.91. The Morgan fingerprint density at radius 3 is 2.89 bits per heavy atom. The molecule has 0 atom stereocenters. The van der Waals surface area contributed by atoms with E-state index in [1.54, 1.807) is 24.3 Å². The van der Waals surface area contributed by atoms with Crippen molar-refractivity contribution in [1.82, 2.24) is 0 Å². The van der Waals surface area contributed by atoms with E-state index in [4.69, 9.17) is 16.3 Å². The lowest BCUT2D eigenvalue weighted by atomic mass is 10.1. The molecule has 1 heterocycles. The van der Waals surface area contributed by atoms with E-state index < -0.39 is 0 Å². The third-order valence-corrected chi connectivity index (χ3v) is 3.10. The van der Waals surface area contributed by atoms with Crippen LogP contribution in [0.3, 0.4) is 0 Å². The Kier molecular flexibility index (Phi) is 2.49. The Labute approximate surface area is 109 Å². The van der Waals surface area contributed by atoms with E-state index in [1.165, 1.54) is 0 Å². The SMILES string of the molecule is Cc1cccc2c1Oc1cc(Cl)ccc1NC2=O. The molecular formula is C14H10ClNO2. The van der Waals surface area contributed by atoms with Crippen molar-refractivity contribution in [1.29, 1.82) is 0 Å². The molecule has 0 aromatic heterocycles. The molecule has 2 aromatic rings. The van der Waals surface area contributed by atoms with E-state index in [1.807, 2.05) is 19.1 Å². The number of rotatable bonds is 0. The van der Waals surface area contributed by atoms with Crippen LogP contribution in [0.2, 0.25) is 5.02 Å². The second-order valence-corrected chi connectivity index (χ2v) is 4.58. The molecule has 4 heteroatoms. The van der Waals surface area contributed by atoms with Crippen LogP contribution >= 0.6 is 11.6 Å². The van der Waals surface area contributed by atoms with Crippen molar-refractivity contribution in [2.75, 3.05) is 5.32 Å². The zero-order valence-corrected chi connectivity index (χ0v) is 10.4. The molecule has 3 rings (SSSR count). The Bertz CT molecular complexity index is 652. The second-order valence-electron chi connectivity index (χ2n) is 4.15. The number of halogens is 1. The zero-order valence-electron chi connectivity index (χ0n) is 9.66. The maximum Gasteiger partial charge on any atom is 0.259 e. The zero-order chi connectivity index (χ0) is 12.7. The molecule has 0 bridgehead atoms. The Balaban J connectivity index is 2.21. The van der Waals surface area contributed by atoms with Crippen LogP contribution in [0.4, 0.5) is 5.69 Å². The van der Waals surface area contributed by atoms with Crippen LogP contribution < -0.4 is 10.1 Å². The number of fused-ring (bicyclic) bond motifs is 2. The normalized spacial score (nSPS) is 12.9. The van der Waals surface area contributed by atoms with E-state index in [0.717, 1.165) is 5.56 Å². The van der Waals surface area contributed by atoms with Crippen LogP contribution in [-0.4, -0.2) is 5.91 Å². The number of amides is 1. The van der Waals surface area contributed by atoms with Crippen molar-refractivity contribution in [3.05, 3.63) is 52.5 Å². The summed E-state index contributed by atoms with van der Waals surface area (Å²) in [6.45, 7) is 1.90. The quantitative estimate of drug-likeness (QED) is 0.776. The summed E-state index contributed by atoms with van der Waals surface area (Å²) in [5.41, 5.74) is 2.07. The summed E-state index contributed by atoms with van der Waals surface area (Å²) < 4.78 is 5.82. The van der Waals surface area contributed by atoms with Crippen LogP contribution in [0, 0.1) is 6.92 Å². The standard InChI is InChI=1S/C14H10ClNO2/c1-8-3-2-4-10-13(8)18-12-7-9(15)5-6-11(12)16-14(10)17/h2-7H,1H3,(H,16,17). The average Bonchev–Trinajstić information content (AvgIpc) is 2.47. The highest BCUT2D eigenvalue weighted by molar-refractivity contribution is 6.30. The third kappa shape index (κ3) is 1.73. The summed E-state index contributed by atoms with van der Waals surface area (Å²) in [6.07, 6.45) is 0. The molecule has 1 aliphatic heterocycles. The third-order valence-electron chi connectivity index (χ3n) is 2.86. The number of benzene rings is 2. The summed E-state index contributed by atoms with van der Waals surface area (Å²) in [4.78, 5) is 12.1. The molecule has 1 N–H and O–H groups in total. The van der Waals surface area contributed by atoms with Gasteiger partial charge in [-0.2, -0.15) is 0 Å². The van der Waals surface area contributed by atoms with Gasteiger partial charge in [0.1, 0.15) is 5.75 Å². The summed E-state index contributed by atoms with van der Waals surface area (Å²) in [7, 11) is 0. The van der Waals surface area contributed by atoms with Crippen molar-refractivity contribution in [2.24, 2.45) is 0 Å². The van der Waals surface area contributed by atoms with Gasteiger partial charge in [-0.15, -0.1) is 0 Å². The molecule has 0 unspecified atom stereocenters. The Morgan fingerprint density at radius 2 is 2.06 bits per heavy atom. The van der Waals surface area contributed by atoms with Crippen LogP contribution in [0.25, 0.3) is 0 Å². The van der Waals surface area contributed by atoms with Gasteiger partial charge in [0.2, 0.25) is 0 Å². The topological polar surface area (TPSA) is 38.3 Å². The number of hydrogen-bond acceptors (Lipinski definition) is 2. The van der Waals surface area contributed by atoms with Crippen LogP contribution in [0.1, 0.15) is 15.9 Å². The van der Waals surface area contributed by atoms with Crippen molar-refractivity contribution >= 4 is 23.2 Å². The van der Waals surface area contributed by atoms with Gasteiger partial charge in [-0.1, -0.05) is 23.7 Å². The predicted molar refractivity (Wildman–Crippen MR) is 70.7 cm³/mol. The number of hydrogen-bond donors (Lipinski definition) is 1. The van der Waals surface area contributed by atoms with E-state index >= 15 is 0 Å². The van der Waals surface area contributed by atoms with Gasteiger partial charge in [-0.3, -0.25) is 4.79 Å². The lowest BCUT2D eigenvalue weighted by Gasteiger charge is -2.09. The minimum atomic E-state index is -0.172. The highest BCUT2D eigenvalue weighted by Crippen LogP contribution is 2.38. The van der Waals surface area contributed by atoms with Gasteiger partial charge in [-0.25, -0.2) is 0 Å². The van der Waals surface area contributed by atoms with Gasteiger partial charge in [0.15, 0.2) is 5.75 Å². The summed E-state index contributed by atoms with van der Waals surface area (Å²) >= 11 is 5.94. The number of carbonyl (C=O) groups excluding carboxylic acids is 1. The van der Waals surface area contributed by atoms with Crippen LogP contribution in [0.5, 0.6) is 11.5 Å². The van der Waals surface area contributed by atoms with Gasteiger partial charge in [0.25, 0.3) is 5.91 Å². The first kappa shape index (κ1) is 11.1. The molecule has 3 nitrogen and oxygen atoms in total. The second kappa shape index (κ2) is 4.03. The van der Waals surface area contributed by atoms with E-state index in [-0.39, 0.29) is 5.91 Å². The molecule has 0 spiro atoms. The number of nitrogens with one attached hydrogen (secondary N) is 1. The van der Waals surface area contributed by atoms with Crippen LogP contribution in [0.15, 0.2) is 36.4 Å². The van der Waals surface area contributed by atoms with Crippen molar-refractivity contribution < 1.29 is 9.53 Å². The number of carbonyl (C=O) groups is 1. The lowest BCUT2D eigenvalue weighted by molar-refractivity contribution is 0.102. The van der Waals surface area contributed by atoms with Gasteiger partial charge in [-0.05, 0) is 30.7 Å². The number of anilines is 1. The Hall–Kier alpha value is -2.00. The fourth-order valence-corrected chi connectivity index (χ4v) is 2.11. The van der Waals surface area contributed by atoms with Crippen molar-refractivity contribution in [2.45, 2.75) is 6.92 Å². The molecule has 0 saturated carbocycles. The van der Waals surface area contributed by atoms with E-state index in [0.29, 0.717) is 27.8 Å². The maximum atomic E-state index is 12.1. The Morgan fingerprint density at radius 1 is 1.22 bits per heavy atom. The fraction of sp³-hybridized carbons (Fsp3) is 0.0714. The van der Waals surface area contributed by atoms with Gasteiger partial charge in [0.05, 0.1) is 11.3 Å². The fourth-order valence-electron chi connectivity index (χ4n) is 1.95. The molecule has 0 aliphatic carbocycles. The average molecular weight is 260 g/mol. The molecule has 0 radical (unpaired) electrons. The molecule has 0 fully saturated rings. The first-order valence-electron chi connectivity index (χ1n) is 5.53. The molecule has 0 saturated heterocycles. The number of para-hydroxylation sites is 1.